The molecular formula is C19H18FN3O2S2. The number of hydrogen-bond donors (Lipinski definition) is 0. The molecule has 4 rings (SSSR count). The highest BCUT2D eigenvalue weighted by Crippen LogP contribution is 2.29. The highest BCUT2D eigenvalue weighted by molar-refractivity contribution is 7.99. The number of thiophene rings is 1. The number of ether oxygens (including phenoxy) is 1. The van der Waals surface area contributed by atoms with Crippen LogP contribution in [0.25, 0.3) is 10.7 Å². The summed E-state index contributed by atoms with van der Waals surface area (Å²) in [6, 6.07) is 9.60. The number of carbonyl (C=O) groups is 1. The molecule has 1 aliphatic rings. The normalized spacial score (nSPS) is 16.7. The van der Waals surface area contributed by atoms with Crippen LogP contribution in [0.3, 0.4) is 0 Å². The molecule has 1 unspecified atom stereocenters. The van der Waals surface area contributed by atoms with E-state index in [1.807, 2.05) is 22.1 Å². The molecule has 0 radical (unpaired) electrons. The zero-order chi connectivity index (χ0) is 18.6. The lowest BCUT2D eigenvalue weighted by molar-refractivity contribution is 0.0953. The second kappa shape index (κ2) is 8.33. The van der Waals surface area contributed by atoms with Gasteiger partial charge in [0.15, 0.2) is 16.8 Å². The van der Waals surface area contributed by atoms with Crippen molar-refractivity contribution in [1.29, 1.82) is 0 Å². The molecule has 5 nitrogen and oxygen atoms in total. The van der Waals surface area contributed by atoms with Crippen molar-refractivity contribution in [2.24, 2.45) is 0 Å². The number of aromatic nitrogens is 3. The van der Waals surface area contributed by atoms with Crippen molar-refractivity contribution >= 4 is 28.9 Å². The SMILES string of the molecule is O=C(CSc1nnc(-c2cccs2)n1CC1CCCO1)c1ccc(F)cc1. The number of ketones is 1. The van der Waals surface area contributed by atoms with E-state index in [0.29, 0.717) is 17.3 Å². The summed E-state index contributed by atoms with van der Waals surface area (Å²) >= 11 is 2.96. The van der Waals surface area contributed by atoms with Gasteiger partial charge in [0.2, 0.25) is 0 Å². The van der Waals surface area contributed by atoms with Crippen molar-refractivity contribution < 1.29 is 13.9 Å². The Kier molecular flexibility index (Phi) is 5.66. The minimum atomic E-state index is -0.351. The Labute approximate surface area is 164 Å². The van der Waals surface area contributed by atoms with Gasteiger partial charge in [-0.25, -0.2) is 4.39 Å². The molecule has 0 N–H and O–H groups in total. The van der Waals surface area contributed by atoms with E-state index in [-0.39, 0.29) is 23.5 Å². The number of rotatable bonds is 7. The maximum atomic E-state index is 13.0. The first-order valence-electron chi connectivity index (χ1n) is 8.71. The van der Waals surface area contributed by atoms with Gasteiger partial charge in [-0.2, -0.15) is 0 Å². The molecule has 0 spiro atoms. The first kappa shape index (κ1) is 18.3. The van der Waals surface area contributed by atoms with Crippen LogP contribution >= 0.6 is 23.1 Å². The van der Waals surface area contributed by atoms with E-state index in [4.69, 9.17) is 4.74 Å². The Balaban J connectivity index is 1.52. The van der Waals surface area contributed by atoms with E-state index in [2.05, 4.69) is 10.2 Å². The highest BCUT2D eigenvalue weighted by atomic mass is 32.2. The summed E-state index contributed by atoms with van der Waals surface area (Å²) in [5.74, 6) is 0.609. The molecule has 1 atom stereocenters. The molecule has 2 aromatic heterocycles. The Morgan fingerprint density at radius 2 is 2.15 bits per heavy atom. The van der Waals surface area contributed by atoms with Gasteiger partial charge in [0, 0.05) is 12.2 Å². The second-order valence-corrected chi connectivity index (χ2v) is 8.14. The number of hydrogen-bond acceptors (Lipinski definition) is 6. The van der Waals surface area contributed by atoms with Crippen LogP contribution in [0.15, 0.2) is 46.9 Å². The lowest BCUT2D eigenvalue weighted by Gasteiger charge is -2.14. The number of benzene rings is 1. The average Bonchev–Trinajstić information content (AvgIpc) is 3.43. The van der Waals surface area contributed by atoms with Gasteiger partial charge in [-0.15, -0.1) is 21.5 Å². The maximum Gasteiger partial charge on any atom is 0.192 e. The standard InChI is InChI=1S/C19H18FN3O2S2/c20-14-7-5-13(6-8-14)16(24)12-27-19-22-21-18(17-4-2-10-26-17)23(19)11-15-3-1-9-25-15/h2,4-8,10,15H,1,3,9,11-12H2. The molecule has 1 aromatic carbocycles. The fourth-order valence-electron chi connectivity index (χ4n) is 2.99. The average molecular weight is 404 g/mol. The molecule has 140 valence electrons. The van der Waals surface area contributed by atoms with Crippen molar-refractivity contribution in [1.82, 2.24) is 14.8 Å². The van der Waals surface area contributed by atoms with Crippen molar-refractivity contribution in [3.8, 4) is 10.7 Å². The van der Waals surface area contributed by atoms with Gasteiger partial charge in [0.1, 0.15) is 5.82 Å². The van der Waals surface area contributed by atoms with E-state index >= 15 is 0 Å². The van der Waals surface area contributed by atoms with E-state index in [1.54, 1.807) is 11.3 Å². The predicted octanol–water partition coefficient (Wildman–Crippen LogP) is 4.30. The lowest BCUT2D eigenvalue weighted by atomic mass is 10.1. The van der Waals surface area contributed by atoms with E-state index in [1.165, 1.54) is 36.0 Å². The van der Waals surface area contributed by atoms with Crippen LogP contribution in [-0.2, 0) is 11.3 Å². The van der Waals surface area contributed by atoms with E-state index in [9.17, 15) is 9.18 Å². The molecule has 0 saturated carbocycles. The third kappa shape index (κ3) is 4.28. The first-order valence-corrected chi connectivity index (χ1v) is 10.6. The Hall–Kier alpha value is -2.03. The number of nitrogens with zero attached hydrogens (tertiary/aromatic N) is 3. The molecule has 1 aliphatic heterocycles. The summed E-state index contributed by atoms with van der Waals surface area (Å²) in [6.45, 7) is 1.46. The highest BCUT2D eigenvalue weighted by Gasteiger charge is 2.22. The Bertz CT molecular complexity index is 904. The fourth-order valence-corrected chi connectivity index (χ4v) is 4.55. The second-order valence-electron chi connectivity index (χ2n) is 6.25. The van der Waals surface area contributed by atoms with Gasteiger partial charge in [-0.3, -0.25) is 9.36 Å². The lowest BCUT2D eigenvalue weighted by Crippen LogP contribution is -2.17. The van der Waals surface area contributed by atoms with Crippen LogP contribution in [0.2, 0.25) is 0 Å². The van der Waals surface area contributed by atoms with E-state index in [0.717, 1.165) is 30.2 Å². The topological polar surface area (TPSA) is 57.0 Å². The molecular weight excluding hydrogens is 385 g/mol. The van der Waals surface area contributed by atoms with Crippen molar-refractivity contribution in [2.45, 2.75) is 30.6 Å². The van der Waals surface area contributed by atoms with Gasteiger partial charge in [-0.05, 0) is 48.6 Å². The maximum absolute atomic E-state index is 13.0. The summed E-state index contributed by atoms with van der Waals surface area (Å²) in [4.78, 5) is 13.4. The minimum absolute atomic E-state index is 0.0654. The molecule has 0 amide bonds. The predicted molar refractivity (Wildman–Crippen MR) is 104 cm³/mol. The molecule has 1 saturated heterocycles. The summed E-state index contributed by atoms with van der Waals surface area (Å²) in [6.07, 6.45) is 2.22. The Morgan fingerprint density at radius 3 is 2.85 bits per heavy atom. The molecule has 27 heavy (non-hydrogen) atoms. The molecule has 8 heteroatoms. The molecule has 0 aliphatic carbocycles. The van der Waals surface area contributed by atoms with E-state index < -0.39 is 0 Å². The monoisotopic (exact) mass is 403 g/mol. The third-order valence-electron chi connectivity index (χ3n) is 4.37. The quantitative estimate of drug-likeness (QED) is 0.435. The van der Waals surface area contributed by atoms with Gasteiger partial charge in [0.05, 0.1) is 23.3 Å². The first-order chi connectivity index (χ1) is 13.2. The van der Waals surface area contributed by atoms with Gasteiger partial charge in [-0.1, -0.05) is 17.8 Å². The summed E-state index contributed by atoms with van der Waals surface area (Å²) in [5.41, 5.74) is 0.493. The third-order valence-corrected chi connectivity index (χ3v) is 6.20. The summed E-state index contributed by atoms with van der Waals surface area (Å²) < 4.78 is 20.9. The van der Waals surface area contributed by atoms with Crippen LogP contribution < -0.4 is 0 Å². The number of Topliss-reactive ketones (excluding diaryl/α,β-unsaturated/α-hetero) is 1. The van der Waals surface area contributed by atoms with Crippen molar-refractivity contribution in [3.05, 3.63) is 53.2 Å². The zero-order valence-corrected chi connectivity index (χ0v) is 16.1. The smallest absolute Gasteiger partial charge is 0.192 e. The molecule has 1 fully saturated rings. The summed E-state index contributed by atoms with van der Waals surface area (Å²) in [7, 11) is 0. The van der Waals surface area contributed by atoms with Crippen molar-refractivity contribution in [3.63, 3.8) is 0 Å². The van der Waals surface area contributed by atoms with Crippen LogP contribution in [0.5, 0.6) is 0 Å². The minimum Gasteiger partial charge on any atom is -0.376 e. The zero-order valence-electron chi connectivity index (χ0n) is 14.5. The van der Waals surface area contributed by atoms with Gasteiger partial charge in [0.25, 0.3) is 0 Å². The number of thioether (sulfide) groups is 1. The van der Waals surface area contributed by atoms with Gasteiger partial charge < -0.3 is 4.74 Å². The largest absolute Gasteiger partial charge is 0.376 e. The van der Waals surface area contributed by atoms with Crippen LogP contribution in [0.1, 0.15) is 23.2 Å². The summed E-state index contributed by atoms with van der Waals surface area (Å²) in [5, 5.41) is 11.4. The fraction of sp³-hybridized carbons (Fsp3) is 0.316. The van der Waals surface area contributed by atoms with Crippen LogP contribution in [0, 0.1) is 5.82 Å². The molecule has 3 aromatic rings. The number of halogens is 1. The number of carbonyl (C=O) groups excluding carboxylic acids is 1. The Morgan fingerprint density at radius 1 is 1.30 bits per heavy atom. The molecule has 0 bridgehead atoms. The van der Waals surface area contributed by atoms with Crippen LogP contribution in [-0.4, -0.2) is 39.0 Å². The van der Waals surface area contributed by atoms with Crippen molar-refractivity contribution in [2.75, 3.05) is 12.4 Å². The van der Waals surface area contributed by atoms with Gasteiger partial charge >= 0.3 is 0 Å². The van der Waals surface area contributed by atoms with Crippen LogP contribution in [0.4, 0.5) is 4.39 Å². The molecule has 3 heterocycles.